The maximum absolute atomic E-state index is 11.9. The summed E-state index contributed by atoms with van der Waals surface area (Å²) in [4.78, 5) is 20.0. The van der Waals surface area contributed by atoms with Crippen LogP contribution in [0.15, 0.2) is 40.1 Å². The van der Waals surface area contributed by atoms with Crippen LogP contribution in [0.25, 0.3) is 0 Å². The number of carbonyl (C=O) groups excluding carboxylic acids is 1. The highest BCUT2D eigenvalue weighted by atomic mass is 16.5. The van der Waals surface area contributed by atoms with Crippen molar-refractivity contribution in [1.82, 2.24) is 20.8 Å². The molecule has 0 aliphatic heterocycles. The second-order valence-corrected chi connectivity index (χ2v) is 5.80. The van der Waals surface area contributed by atoms with Gasteiger partial charge in [-0.15, -0.1) is 0 Å². The van der Waals surface area contributed by atoms with Crippen LogP contribution in [0.4, 0.5) is 5.69 Å². The number of pyridine rings is 1. The lowest BCUT2D eigenvalue weighted by molar-refractivity contribution is -0.115. The summed E-state index contributed by atoms with van der Waals surface area (Å²) in [5.74, 6) is 1.47. The van der Waals surface area contributed by atoms with Crippen molar-refractivity contribution in [2.75, 3.05) is 18.9 Å². The average Bonchev–Trinajstić information content (AvgIpc) is 3.12. The Morgan fingerprint density at radius 2 is 2.12 bits per heavy atom. The number of anilines is 1. The van der Waals surface area contributed by atoms with E-state index in [1.54, 1.807) is 31.6 Å². The maximum atomic E-state index is 11.9. The molecule has 0 unspecified atom stereocenters. The van der Waals surface area contributed by atoms with E-state index in [1.165, 1.54) is 0 Å². The van der Waals surface area contributed by atoms with Crippen LogP contribution < -0.4 is 16.0 Å². The predicted molar refractivity (Wildman–Crippen MR) is 101 cm³/mol. The molecule has 140 valence electrons. The number of carbonyl (C=O) groups is 1. The van der Waals surface area contributed by atoms with Crippen LogP contribution >= 0.6 is 0 Å². The van der Waals surface area contributed by atoms with E-state index in [2.05, 4.69) is 44.9 Å². The van der Waals surface area contributed by atoms with Crippen molar-refractivity contribution in [3.05, 3.63) is 42.0 Å². The minimum absolute atomic E-state index is 0.0873. The topological polar surface area (TPSA) is 104 Å². The van der Waals surface area contributed by atoms with Crippen LogP contribution in [0.3, 0.4) is 0 Å². The summed E-state index contributed by atoms with van der Waals surface area (Å²) >= 11 is 0. The van der Waals surface area contributed by atoms with Crippen LogP contribution in [0.5, 0.6) is 0 Å². The van der Waals surface area contributed by atoms with Gasteiger partial charge < -0.3 is 20.5 Å². The third-order valence-corrected chi connectivity index (χ3v) is 4.00. The van der Waals surface area contributed by atoms with E-state index in [-0.39, 0.29) is 12.5 Å². The average molecular weight is 358 g/mol. The van der Waals surface area contributed by atoms with E-state index in [0.29, 0.717) is 24.1 Å². The number of rotatable bonds is 8. The van der Waals surface area contributed by atoms with Gasteiger partial charge in [-0.2, -0.15) is 0 Å². The molecular weight excluding hydrogens is 332 g/mol. The first kappa shape index (κ1) is 19.4. The summed E-state index contributed by atoms with van der Waals surface area (Å²) in [6.45, 7) is 4.81. The molecule has 26 heavy (non-hydrogen) atoms. The van der Waals surface area contributed by atoms with Gasteiger partial charge in [-0.3, -0.25) is 14.8 Å². The second-order valence-electron chi connectivity index (χ2n) is 5.80. The normalized spacial score (nSPS) is 11.5. The molecule has 8 heteroatoms. The summed E-state index contributed by atoms with van der Waals surface area (Å²) in [7, 11) is 1.64. The van der Waals surface area contributed by atoms with Crippen LogP contribution in [-0.2, 0) is 11.3 Å². The molecule has 1 amide bonds. The summed E-state index contributed by atoms with van der Waals surface area (Å²) in [6.07, 6.45) is 5.31. The van der Waals surface area contributed by atoms with Crippen LogP contribution in [0.2, 0.25) is 0 Å². The van der Waals surface area contributed by atoms with Gasteiger partial charge in [0.05, 0.1) is 30.7 Å². The molecule has 2 aromatic rings. The first-order valence-corrected chi connectivity index (χ1v) is 8.76. The number of amides is 1. The quantitative estimate of drug-likeness (QED) is 0.494. The first-order chi connectivity index (χ1) is 12.7. The van der Waals surface area contributed by atoms with Gasteiger partial charge in [0.1, 0.15) is 0 Å². The second kappa shape index (κ2) is 10.2. The molecule has 0 atom stereocenters. The number of guanidine groups is 1. The van der Waals surface area contributed by atoms with Gasteiger partial charge in [0.15, 0.2) is 11.7 Å². The first-order valence-electron chi connectivity index (χ1n) is 8.76. The number of nitrogens with zero attached hydrogens (tertiary/aromatic N) is 3. The van der Waals surface area contributed by atoms with E-state index < -0.39 is 0 Å². The summed E-state index contributed by atoms with van der Waals surface area (Å²) in [6, 6.07) is 5.50. The van der Waals surface area contributed by atoms with E-state index in [0.717, 1.165) is 24.3 Å². The zero-order valence-corrected chi connectivity index (χ0v) is 15.5. The lowest BCUT2D eigenvalue weighted by Crippen LogP contribution is -2.41. The zero-order chi connectivity index (χ0) is 18.8. The molecule has 0 spiro atoms. The summed E-state index contributed by atoms with van der Waals surface area (Å²) in [5, 5.41) is 12.9. The van der Waals surface area contributed by atoms with Gasteiger partial charge in [0.2, 0.25) is 5.91 Å². The highest BCUT2D eigenvalue weighted by Crippen LogP contribution is 2.22. The Kier molecular flexibility index (Phi) is 7.60. The van der Waals surface area contributed by atoms with E-state index in [4.69, 9.17) is 4.52 Å². The number of aromatic nitrogens is 2. The number of hydrogen-bond donors (Lipinski definition) is 3. The molecule has 0 saturated heterocycles. The van der Waals surface area contributed by atoms with Crippen molar-refractivity contribution in [2.24, 2.45) is 4.99 Å². The molecule has 0 aliphatic carbocycles. The van der Waals surface area contributed by atoms with Gasteiger partial charge in [-0.25, -0.2) is 0 Å². The highest BCUT2D eigenvalue weighted by molar-refractivity contribution is 5.94. The van der Waals surface area contributed by atoms with Gasteiger partial charge >= 0.3 is 0 Å². The molecule has 2 heterocycles. The molecule has 0 radical (unpaired) electrons. The van der Waals surface area contributed by atoms with Crippen molar-refractivity contribution < 1.29 is 9.32 Å². The third kappa shape index (κ3) is 5.87. The SMILES string of the molecule is CCC(CC)c1cc(CNC(=NC)NCC(=O)Nc2cccnc2)on1. The largest absolute Gasteiger partial charge is 0.359 e. The molecule has 8 nitrogen and oxygen atoms in total. The summed E-state index contributed by atoms with van der Waals surface area (Å²) in [5.41, 5.74) is 1.63. The minimum atomic E-state index is -0.184. The molecule has 0 saturated carbocycles. The number of hydrogen-bond acceptors (Lipinski definition) is 5. The monoisotopic (exact) mass is 358 g/mol. The Morgan fingerprint density at radius 3 is 2.77 bits per heavy atom. The van der Waals surface area contributed by atoms with Gasteiger partial charge in [0.25, 0.3) is 0 Å². The molecule has 0 aromatic carbocycles. The molecule has 0 aliphatic rings. The Labute approximate surface area is 153 Å². The Balaban J connectivity index is 1.78. The van der Waals surface area contributed by atoms with Crippen molar-refractivity contribution in [1.29, 1.82) is 0 Å². The zero-order valence-electron chi connectivity index (χ0n) is 15.5. The smallest absolute Gasteiger partial charge is 0.243 e. The molecule has 3 N–H and O–H groups in total. The minimum Gasteiger partial charge on any atom is -0.359 e. The van der Waals surface area contributed by atoms with E-state index in [9.17, 15) is 4.79 Å². The lowest BCUT2D eigenvalue weighted by Gasteiger charge is -2.10. The predicted octanol–water partition coefficient (Wildman–Crippen LogP) is 2.28. The summed E-state index contributed by atoms with van der Waals surface area (Å²) < 4.78 is 5.37. The number of nitrogens with one attached hydrogen (secondary N) is 3. The van der Waals surface area contributed by atoms with Crippen molar-refractivity contribution >= 4 is 17.6 Å². The molecule has 0 bridgehead atoms. The fourth-order valence-electron chi connectivity index (χ4n) is 2.51. The standard InChI is InChI=1S/C18H26N6O2/c1-4-13(5-2)16-9-15(26-24-16)11-21-18(19-3)22-12-17(25)23-14-7-6-8-20-10-14/h6-10,13H,4-5,11-12H2,1-3H3,(H,23,25)(H2,19,21,22). The molecule has 0 fully saturated rings. The van der Waals surface area contributed by atoms with E-state index >= 15 is 0 Å². The van der Waals surface area contributed by atoms with Crippen LogP contribution in [0.1, 0.15) is 44.1 Å². The van der Waals surface area contributed by atoms with Gasteiger partial charge in [0, 0.05) is 25.2 Å². The van der Waals surface area contributed by atoms with Crippen molar-refractivity contribution in [3.8, 4) is 0 Å². The Hall–Kier alpha value is -2.90. The maximum Gasteiger partial charge on any atom is 0.243 e. The highest BCUT2D eigenvalue weighted by Gasteiger charge is 2.13. The van der Waals surface area contributed by atoms with Crippen LogP contribution in [-0.4, -0.2) is 35.6 Å². The van der Waals surface area contributed by atoms with Gasteiger partial charge in [-0.05, 0) is 25.0 Å². The van der Waals surface area contributed by atoms with Crippen LogP contribution in [0, 0.1) is 0 Å². The fourth-order valence-corrected chi connectivity index (χ4v) is 2.51. The Bertz CT molecular complexity index is 709. The van der Waals surface area contributed by atoms with Crippen molar-refractivity contribution in [3.63, 3.8) is 0 Å². The van der Waals surface area contributed by atoms with E-state index in [1.807, 2.05) is 6.07 Å². The van der Waals surface area contributed by atoms with Crippen molar-refractivity contribution in [2.45, 2.75) is 39.2 Å². The van der Waals surface area contributed by atoms with Gasteiger partial charge in [-0.1, -0.05) is 19.0 Å². The molecule has 2 aromatic heterocycles. The number of aliphatic imine (C=N–C) groups is 1. The lowest BCUT2D eigenvalue weighted by atomic mass is 9.99. The molecular formula is C18H26N6O2. The fraction of sp³-hybridized carbons (Fsp3) is 0.444. The Morgan fingerprint density at radius 1 is 1.31 bits per heavy atom. The molecule has 2 rings (SSSR count). The third-order valence-electron chi connectivity index (χ3n) is 4.00.